The van der Waals surface area contributed by atoms with Gasteiger partial charge in [0.2, 0.25) is 0 Å². The second-order valence-corrected chi connectivity index (χ2v) is 6.80. The Morgan fingerprint density at radius 2 is 1.42 bits per heavy atom. The van der Waals surface area contributed by atoms with E-state index in [9.17, 15) is 0 Å². The van der Waals surface area contributed by atoms with Gasteiger partial charge in [0.25, 0.3) is 0 Å². The summed E-state index contributed by atoms with van der Waals surface area (Å²) in [5.74, 6) is 3.01. The van der Waals surface area contributed by atoms with Crippen molar-refractivity contribution >= 4 is 5.82 Å². The number of aromatic nitrogens is 2. The third-order valence-electron chi connectivity index (χ3n) is 5.19. The molecule has 2 aromatic rings. The van der Waals surface area contributed by atoms with E-state index in [1.54, 1.807) is 0 Å². The van der Waals surface area contributed by atoms with Crippen LogP contribution in [0.5, 0.6) is 5.75 Å². The van der Waals surface area contributed by atoms with Gasteiger partial charge in [-0.25, -0.2) is 9.97 Å². The quantitative estimate of drug-likeness (QED) is 0.469. The van der Waals surface area contributed by atoms with E-state index in [4.69, 9.17) is 4.74 Å². The van der Waals surface area contributed by atoms with E-state index in [2.05, 4.69) is 46.1 Å². The Labute approximate surface area is 192 Å². The van der Waals surface area contributed by atoms with Crippen LogP contribution in [0.15, 0.2) is 30.5 Å². The van der Waals surface area contributed by atoms with Gasteiger partial charge in [-0.1, -0.05) is 73.6 Å². The summed E-state index contributed by atoms with van der Waals surface area (Å²) in [6.45, 7) is 22.0. The highest BCUT2D eigenvalue weighted by molar-refractivity contribution is 5.46. The Bertz CT molecular complexity index is 722. The molecule has 4 heteroatoms. The van der Waals surface area contributed by atoms with Crippen LogP contribution in [0, 0.1) is 13.8 Å². The zero-order valence-corrected chi connectivity index (χ0v) is 21.9. The van der Waals surface area contributed by atoms with Crippen LogP contribution in [0.2, 0.25) is 0 Å². The normalized spacial score (nSPS) is 15.1. The molecule has 0 atom stereocenters. The summed E-state index contributed by atoms with van der Waals surface area (Å²) < 4.78 is 6.44. The van der Waals surface area contributed by atoms with Crippen molar-refractivity contribution < 1.29 is 4.74 Å². The minimum Gasteiger partial charge on any atom is -0.487 e. The molecule has 1 aromatic carbocycles. The van der Waals surface area contributed by atoms with Gasteiger partial charge in [-0.3, -0.25) is 0 Å². The molecule has 31 heavy (non-hydrogen) atoms. The molecule has 3 heterocycles. The summed E-state index contributed by atoms with van der Waals surface area (Å²) in [6.07, 6.45) is 6.30. The topological polar surface area (TPSA) is 38.2 Å². The molecular weight excluding hydrogens is 382 g/mol. The molecular formula is C27H47N3O. The fourth-order valence-electron chi connectivity index (χ4n) is 3.77. The van der Waals surface area contributed by atoms with Gasteiger partial charge in [-0.05, 0) is 38.3 Å². The largest absolute Gasteiger partial charge is 0.487 e. The molecule has 2 aliphatic heterocycles. The second-order valence-electron chi connectivity index (χ2n) is 6.80. The summed E-state index contributed by atoms with van der Waals surface area (Å²) in [6, 6.07) is 8.47. The Balaban J connectivity index is 0.00000102. The van der Waals surface area contributed by atoms with Crippen LogP contribution in [0.25, 0.3) is 0 Å². The SMILES string of the molecule is CC.CC.CC.CC.Cc1ncc(C)c(N2CCC3(CCc4ccccc4O3)CC2)n1. The van der Waals surface area contributed by atoms with Gasteiger partial charge in [0, 0.05) is 37.7 Å². The molecule has 4 nitrogen and oxygen atoms in total. The molecule has 1 fully saturated rings. The van der Waals surface area contributed by atoms with Gasteiger partial charge >= 0.3 is 0 Å². The molecule has 0 saturated carbocycles. The molecule has 0 amide bonds. The number of ether oxygens (including phenoxy) is 1. The van der Waals surface area contributed by atoms with Gasteiger partial charge in [-0.15, -0.1) is 0 Å². The molecule has 4 rings (SSSR count). The molecule has 0 radical (unpaired) electrons. The van der Waals surface area contributed by atoms with Gasteiger partial charge in [0.1, 0.15) is 23.0 Å². The molecule has 1 spiro atoms. The second kappa shape index (κ2) is 15.7. The van der Waals surface area contributed by atoms with Crippen molar-refractivity contribution in [1.29, 1.82) is 0 Å². The highest BCUT2D eigenvalue weighted by Gasteiger charge is 2.39. The summed E-state index contributed by atoms with van der Waals surface area (Å²) in [4.78, 5) is 11.3. The lowest BCUT2D eigenvalue weighted by Gasteiger charge is -2.45. The predicted molar refractivity (Wildman–Crippen MR) is 136 cm³/mol. The van der Waals surface area contributed by atoms with Crippen LogP contribution >= 0.6 is 0 Å². The monoisotopic (exact) mass is 429 g/mol. The average molecular weight is 430 g/mol. The maximum atomic E-state index is 6.44. The average Bonchev–Trinajstić information content (AvgIpc) is 2.86. The Morgan fingerprint density at radius 1 is 0.839 bits per heavy atom. The molecule has 1 saturated heterocycles. The van der Waals surface area contributed by atoms with E-state index >= 15 is 0 Å². The van der Waals surface area contributed by atoms with Crippen LogP contribution in [-0.2, 0) is 6.42 Å². The Hall–Kier alpha value is -2.10. The number of rotatable bonds is 1. The van der Waals surface area contributed by atoms with Gasteiger partial charge in [-0.2, -0.15) is 0 Å². The number of benzene rings is 1. The van der Waals surface area contributed by atoms with Crippen LogP contribution < -0.4 is 9.64 Å². The number of hydrogen-bond donors (Lipinski definition) is 0. The fourth-order valence-corrected chi connectivity index (χ4v) is 3.77. The van der Waals surface area contributed by atoms with Crippen molar-refractivity contribution in [3.05, 3.63) is 47.4 Å². The van der Waals surface area contributed by atoms with E-state index in [-0.39, 0.29) is 5.60 Å². The molecule has 0 unspecified atom stereocenters. The number of piperidine rings is 1. The first kappa shape index (κ1) is 28.9. The highest BCUT2D eigenvalue weighted by atomic mass is 16.5. The molecule has 0 bridgehead atoms. The van der Waals surface area contributed by atoms with Crippen molar-refractivity contribution in [2.45, 2.75) is 101 Å². The van der Waals surface area contributed by atoms with Crippen LogP contribution in [0.4, 0.5) is 5.82 Å². The van der Waals surface area contributed by atoms with E-state index in [1.165, 1.54) is 5.56 Å². The summed E-state index contributed by atoms with van der Waals surface area (Å²) in [5, 5.41) is 0. The van der Waals surface area contributed by atoms with Crippen LogP contribution in [0.1, 0.15) is 91.6 Å². The van der Waals surface area contributed by atoms with E-state index in [0.717, 1.165) is 61.7 Å². The van der Waals surface area contributed by atoms with Gasteiger partial charge in [0.05, 0.1) is 0 Å². The van der Waals surface area contributed by atoms with E-state index in [1.807, 2.05) is 68.5 Å². The molecule has 176 valence electrons. The number of anilines is 1. The first-order valence-electron chi connectivity index (χ1n) is 12.5. The third kappa shape index (κ3) is 7.83. The van der Waals surface area contributed by atoms with Crippen molar-refractivity contribution in [2.75, 3.05) is 18.0 Å². The maximum Gasteiger partial charge on any atom is 0.135 e. The minimum atomic E-state index is 0.0147. The van der Waals surface area contributed by atoms with E-state index < -0.39 is 0 Å². The van der Waals surface area contributed by atoms with Crippen molar-refractivity contribution in [2.24, 2.45) is 0 Å². The Kier molecular flexibility index (Phi) is 14.6. The molecule has 0 aliphatic carbocycles. The predicted octanol–water partition coefficient (Wildman–Crippen LogP) is 7.56. The van der Waals surface area contributed by atoms with Crippen molar-refractivity contribution in [3.8, 4) is 5.75 Å². The first-order valence-corrected chi connectivity index (χ1v) is 12.5. The lowest BCUT2D eigenvalue weighted by Crippen LogP contribution is -2.50. The smallest absolute Gasteiger partial charge is 0.135 e. The summed E-state index contributed by atoms with van der Waals surface area (Å²) in [7, 11) is 0. The van der Waals surface area contributed by atoms with Gasteiger partial charge < -0.3 is 9.64 Å². The van der Waals surface area contributed by atoms with Crippen LogP contribution in [0.3, 0.4) is 0 Å². The van der Waals surface area contributed by atoms with Gasteiger partial charge in [0.15, 0.2) is 0 Å². The lowest BCUT2D eigenvalue weighted by molar-refractivity contribution is 0.0224. The Morgan fingerprint density at radius 3 is 2.03 bits per heavy atom. The molecule has 2 aliphatic rings. The number of aryl methyl sites for hydroxylation is 3. The van der Waals surface area contributed by atoms with Crippen molar-refractivity contribution in [1.82, 2.24) is 9.97 Å². The fraction of sp³-hybridized carbons (Fsp3) is 0.630. The third-order valence-corrected chi connectivity index (χ3v) is 5.19. The number of nitrogens with zero attached hydrogens (tertiary/aromatic N) is 3. The summed E-state index contributed by atoms with van der Waals surface area (Å²) in [5.41, 5.74) is 2.52. The standard InChI is InChI=1S/C19H23N3O.4C2H6/c1-14-13-20-15(2)21-18(14)22-11-9-19(10-12-22)8-7-16-5-3-4-6-17(16)23-19;4*1-2/h3-6,13H,7-12H2,1-2H3;4*1-2H3. The van der Waals surface area contributed by atoms with E-state index in [0.29, 0.717) is 0 Å². The summed E-state index contributed by atoms with van der Waals surface area (Å²) >= 11 is 0. The zero-order valence-electron chi connectivity index (χ0n) is 21.9. The zero-order chi connectivity index (χ0) is 23.9. The minimum absolute atomic E-state index is 0.0147. The number of hydrogen-bond acceptors (Lipinski definition) is 4. The lowest BCUT2D eigenvalue weighted by atomic mass is 9.83. The van der Waals surface area contributed by atoms with Crippen LogP contribution in [-0.4, -0.2) is 28.7 Å². The number of para-hydroxylation sites is 1. The molecule has 1 aromatic heterocycles. The maximum absolute atomic E-state index is 6.44. The number of fused-ring (bicyclic) bond motifs is 1. The van der Waals surface area contributed by atoms with Crippen molar-refractivity contribution in [3.63, 3.8) is 0 Å². The molecule has 0 N–H and O–H groups in total. The highest BCUT2D eigenvalue weighted by Crippen LogP contribution is 2.39. The first-order chi connectivity index (χ1) is 15.2.